The van der Waals surface area contributed by atoms with Crippen LogP contribution in [-0.2, 0) is 13.0 Å². The second-order valence-electron chi connectivity index (χ2n) is 5.85. The minimum Gasteiger partial charge on any atom is -0.369 e. The van der Waals surface area contributed by atoms with E-state index in [1.54, 1.807) is 0 Å². The van der Waals surface area contributed by atoms with Crippen molar-refractivity contribution in [3.63, 3.8) is 0 Å². The zero-order chi connectivity index (χ0) is 15.2. The number of hydrogen-bond donors (Lipinski definition) is 1. The lowest BCUT2D eigenvalue weighted by atomic mass is 10.0. The van der Waals surface area contributed by atoms with Crippen LogP contribution in [0, 0.1) is 0 Å². The molecular weight excluding hydrogens is 270 g/mol. The summed E-state index contributed by atoms with van der Waals surface area (Å²) >= 11 is 0. The molecule has 1 aromatic heterocycles. The Balaban J connectivity index is 1.44. The number of benzene rings is 1. The van der Waals surface area contributed by atoms with E-state index in [0.29, 0.717) is 6.04 Å². The van der Waals surface area contributed by atoms with Crippen LogP contribution in [0.25, 0.3) is 6.08 Å². The van der Waals surface area contributed by atoms with Crippen LogP contribution in [0.1, 0.15) is 23.6 Å². The third kappa shape index (κ3) is 3.74. The van der Waals surface area contributed by atoms with Crippen molar-refractivity contribution in [2.75, 3.05) is 13.1 Å². The quantitative estimate of drug-likeness (QED) is 0.830. The van der Waals surface area contributed by atoms with Crippen molar-refractivity contribution in [3.05, 3.63) is 71.7 Å². The maximum atomic E-state index is 4.15. The molecule has 0 bridgehead atoms. The number of rotatable bonds is 6. The Morgan fingerprint density at radius 1 is 1.23 bits per heavy atom. The molecule has 1 atom stereocenters. The minimum absolute atomic E-state index is 0.485. The van der Waals surface area contributed by atoms with Crippen molar-refractivity contribution < 1.29 is 0 Å². The van der Waals surface area contributed by atoms with Crippen LogP contribution < -0.4 is 5.32 Å². The lowest BCUT2D eigenvalue weighted by Crippen LogP contribution is -2.38. The first-order valence-corrected chi connectivity index (χ1v) is 7.94. The molecule has 0 aliphatic carbocycles. The van der Waals surface area contributed by atoms with E-state index in [2.05, 4.69) is 64.7 Å². The molecule has 3 heteroatoms. The van der Waals surface area contributed by atoms with Crippen LogP contribution in [0.5, 0.6) is 0 Å². The number of hydrogen-bond acceptors (Lipinski definition) is 3. The third-order valence-electron chi connectivity index (χ3n) is 4.17. The normalized spacial score (nSPS) is 14.7. The molecule has 3 rings (SSSR count). The molecule has 1 aromatic carbocycles. The van der Waals surface area contributed by atoms with Gasteiger partial charge < -0.3 is 10.2 Å². The molecule has 114 valence electrons. The molecule has 0 unspecified atom stereocenters. The van der Waals surface area contributed by atoms with Gasteiger partial charge in [-0.05, 0) is 48.7 Å². The summed E-state index contributed by atoms with van der Waals surface area (Å²) in [5, 5.41) is 3.55. The molecule has 22 heavy (non-hydrogen) atoms. The van der Waals surface area contributed by atoms with Crippen LogP contribution in [0.15, 0.2) is 55.0 Å². The van der Waals surface area contributed by atoms with Crippen molar-refractivity contribution in [1.82, 2.24) is 15.2 Å². The van der Waals surface area contributed by atoms with Gasteiger partial charge in [-0.15, -0.1) is 0 Å². The van der Waals surface area contributed by atoms with Crippen molar-refractivity contribution in [3.8, 4) is 0 Å². The maximum Gasteiger partial charge on any atom is 0.0433 e. The van der Waals surface area contributed by atoms with Gasteiger partial charge in [0.25, 0.3) is 0 Å². The Labute approximate surface area is 132 Å². The molecule has 0 spiro atoms. The number of pyridine rings is 1. The summed E-state index contributed by atoms with van der Waals surface area (Å²) in [4.78, 5) is 6.55. The lowest BCUT2D eigenvalue weighted by Gasteiger charge is -2.31. The Morgan fingerprint density at radius 3 is 3.00 bits per heavy atom. The van der Waals surface area contributed by atoms with Gasteiger partial charge in [0.2, 0.25) is 0 Å². The van der Waals surface area contributed by atoms with E-state index in [0.717, 1.165) is 26.1 Å². The zero-order valence-electron chi connectivity index (χ0n) is 13.1. The molecule has 3 nitrogen and oxygen atoms in total. The Kier molecular flexibility index (Phi) is 4.86. The van der Waals surface area contributed by atoms with Crippen LogP contribution in [0.4, 0.5) is 0 Å². The zero-order valence-corrected chi connectivity index (χ0v) is 13.1. The topological polar surface area (TPSA) is 28.2 Å². The summed E-state index contributed by atoms with van der Waals surface area (Å²) in [6.07, 6.45) is 9.22. The van der Waals surface area contributed by atoms with Gasteiger partial charge in [0.05, 0.1) is 0 Å². The van der Waals surface area contributed by atoms with Crippen molar-refractivity contribution in [2.45, 2.75) is 25.9 Å². The minimum atomic E-state index is 0.485. The van der Waals surface area contributed by atoms with Crippen LogP contribution >= 0.6 is 0 Å². The summed E-state index contributed by atoms with van der Waals surface area (Å²) in [6, 6.07) is 13.2. The van der Waals surface area contributed by atoms with Gasteiger partial charge in [-0.2, -0.15) is 0 Å². The highest BCUT2D eigenvalue weighted by molar-refractivity contribution is 5.55. The summed E-state index contributed by atoms with van der Waals surface area (Å²) < 4.78 is 0. The number of nitrogens with one attached hydrogen (secondary N) is 1. The van der Waals surface area contributed by atoms with E-state index in [4.69, 9.17) is 0 Å². The Morgan fingerprint density at radius 2 is 2.14 bits per heavy atom. The van der Waals surface area contributed by atoms with Gasteiger partial charge in [0, 0.05) is 37.7 Å². The third-order valence-corrected chi connectivity index (χ3v) is 4.17. The molecule has 1 N–H and O–H groups in total. The molecule has 1 aliphatic rings. The fourth-order valence-electron chi connectivity index (χ4n) is 2.78. The number of fused-ring (bicyclic) bond motifs is 1. The van der Waals surface area contributed by atoms with Gasteiger partial charge in [-0.1, -0.05) is 30.3 Å². The fraction of sp³-hybridized carbons (Fsp3) is 0.316. The van der Waals surface area contributed by atoms with Crippen LogP contribution in [-0.4, -0.2) is 29.0 Å². The van der Waals surface area contributed by atoms with E-state index in [-0.39, 0.29) is 0 Å². The van der Waals surface area contributed by atoms with Crippen molar-refractivity contribution in [2.24, 2.45) is 0 Å². The highest BCUT2D eigenvalue weighted by Crippen LogP contribution is 2.20. The molecule has 0 amide bonds. The predicted octanol–water partition coefficient (Wildman–Crippen LogP) is 3.09. The average Bonchev–Trinajstić information content (AvgIpc) is 2.59. The Hall–Kier alpha value is -2.13. The number of aromatic nitrogens is 1. The molecule has 1 aliphatic heterocycles. The molecule has 0 radical (unpaired) electrons. The van der Waals surface area contributed by atoms with E-state index in [1.807, 2.05) is 18.5 Å². The van der Waals surface area contributed by atoms with E-state index < -0.39 is 0 Å². The highest BCUT2D eigenvalue weighted by Gasteiger charge is 2.14. The SMILES string of the molecule is C[C@H](CNCCc1cccnc1)N1C=Cc2ccccc2C1. The molecule has 0 fully saturated rings. The van der Waals surface area contributed by atoms with Crippen LogP contribution in [0.2, 0.25) is 0 Å². The number of nitrogens with zero attached hydrogens (tertiary/aromatic N) is 2. The van der Waals surface area contributed by atoms with Gasteiger partial charge in [-0.3, -0.25) is 4.98 Å². The average molecular weight is 293 g/mol. The summed E-state index contributed by atoms with van der Waals surface area (Å²) in [5.41, 5.74) is 4.04. The standard InChI is InChI=1S/C19H23N3/c1-16(13-21-11-8-17-5-4-10-20-14-17)22-12-9-18-6-2-3-7-19(18)15-22/h2-7,9-10,12,14,16,21H,8,11,13,15H2,1H3/t16-/m1/s1. The smallest absolute Gasteiger partial charge is 0.0433 e. The Bertz CT molecular complexity index is 622. The van der Waals surface area contributed by atoms with Gasteiger partial charge in [-0.25, -0.2) is 0 Å². The summed E-state index contributed by atoms with van der Waals surface area (Å²) in [5.74, 6) is 0. The fourth-order valence-corrected chi connectivity index (χ4v) is 2.78. The van der Waals surface area contributed by atoms with Crippen LogP contribution in [0.3, 0.4) is 0 Å². The maximum absolute atomic E-state index is 4.15. The van der Waals surface area contributed by atoms with E-state index >= 15 is 0 Å². The lowest BCUT2D eigenvalue weighted by molar-refractivity contribution is 0.275. The van der Waals surface area contributed by atoms with Gasteiger partial charge >= 0.3 is 0 Å². The molecule has 2 heterocycles. The highest BCUT2D eigenvalue weighted by atomic mass is 15.2. The van der Waals surface area contributed by atoms with Gasteiger partial charge in [0.15, 0.2) is 0 Å². The van der Waals surface area contributed by atoms with Crippen molar-refractivity contribution in [1.29, 1.82) is 0 Å². The first-order valence-electron chi connectivity index (χ1n) is 7.94. The molecule has 0 saturated carbocycles. The van der Waals surface area contributed by atoms with E-state index in [9.17, 15) is 0 Å². The predicted molar refractivity (Wildman–Crippen MR) is 91.3 cm³/mol. The summed E-state index contributed by atoms with van der Waals surface area (Å²) in [6.45, 7) is 5.25. The first kappa shape index (κ1) is 14.8. The summed E-state index contributed by atoms with van der Waals surface area (Å²) in [7, 11) is 0. The second kappa shape index (κ2) is 7.23. The second-order valence-corrected chi connectivity index (χ2v) is 5.85. The molecule has 0 saturated heterocycles. The monoisotopic (exact) mass is 293 g/mol. The van der Waals surface area contributed by atoms with Crippen molar-refractivity contribution >= 4 is 6.08 Å². The molecular formula is C19H23N3. The molecule has 2 aromatic rings. The largest absolute Gasteiger partial charge is 0.369 e. The first-order chi connectivity index (χ1) is 10.8. The van der Waals surface area contributed by atoms with E-state index in [1.165, 1.54) is 16.7 Å². The van der Waals surface area contributed by atoms with Gasteiger partial charge in [0.1, 0.15) is 0 Å².